The van der Waals surface area contributed by atoms with Crippen LogP contribution in [0.3, 0.4) is 0 Å². The Morgan fingerprint density at radius 1 is 2.00 bits per heavy atom. The van der Waals surface area contributed by atoms with Gasteiger partial charge in [0, 0.05) is 0 Å². The molecular formula is C5H9NO3. The monoisotopic (exact) mass is 131 g/mol. The lowest BCUT2D eigenvalue weighted by molar-refractivity contribution is 0.154. The number of nitrogens with one attached hydrogen (secondary N) is 1. The molecule has 9 heavy (non-hydrogen) atoms. The van der Waals surface area contributed by atoms with Gasteiger partial charge in [-0.2, -0.15) is 0 Å². The lowest BCUT2D eigenvalue weighted by atomic mass is 10.1. The summed E-state index contributed by atoms with van der Waals surface area (Å²) in [5.74, 6) is 0. The Morgan fingerprint density at radius 3 is 2.89 bits per heavy atom. The minimum Gasteiger partial charge on any atom is -0.447 e. The second kappa shape index (κ2) is 1.88. The van der Waals surface area contributed by atoms with Crippen LogP contribution in [0.25, 0.3) is 0 Å². The molecule has 1 amide bonds. The number of carbonyl (C=O) groups excluding carboxylic acids is 1. The summed E-state index contributed by atoms with van der Waals surface area (Å²) in [6.07, 6.45) is -0.452. The van der Waals surface area contributed by atoms with E-state index in [1.165, 1.54) is 0 Å². The average molecular weight is 131 g/mol. The maximum atomic E-state index is 10.4. The molecule has 1 saturated heterocycles. The molecule has 1 atom stereocenters. The van der Waals surface area contributed by atoms with Gasteiger partial charge in [-0.05, 0) is 6.92 Å². The first kappa shape index (κ1) is 6.35. The van der Waals surface area contributed by atoms with Crippen LogP contribution in [0.2, 0.25) is 0 Å². The van der Waals surface area contributed by atoms with E-state index in [1.807, 2.05) is 0 Å². The van der Waals surface area contributed by atoms with Crippen LogP contribution in [0, 0.1) is 0 Å². The number of alkyl carbamates (subject to hydrolysis) is 1. The highest BCUT2D eigenvalue weighted by atomic mass is 16.6. The summed E-state index contributed by atoms with van der Waals surface area (Å²) in [4.78, 5) is 10.4. The molecule has 1 aliphatic rings. The molecule has 0 aromatic rings. The van der Waals surface area contributed by atoms with E-state index in [0.717, 1.165) is 0 Å². The maximum absolute atomic E-state index is 10.4. The predicted octanol–water partition coefficient (Wildman–Crippen LogP) is -0.523. The predicted molar refractivity (Wildman–Crippen MR) is 30.0 cm³/mol. The molecule has 0 aliphatic carbocycles. The van der Waals surface area contributed by atoms with E-state index in [9.17, 15) is 4.79 Å². The molecule has 1 rings (SSSR count). The highest BCUT2D eigenvalue weighted by Crippen LogP contribution is 2.09. The van der Waals surface area contributed by atoms with Crippen molar-refractivity contribution in [2.24, 2.45) is 0 Å². The minimum absolute atomic E-state index is 0.0846. The Bertz CT molecular complexity index is 136. The van der Waals surface area contributed by atoms with Gasteiger partial charge in [-0.25, -0.2) is 4.79 Å². The number of carbonyl (C=O) groups is 1. The van der Waals surface area contributed by atoms with Gasteiger partial charge < -0.3 is 15.2 Å². The Morgan fingerprint density at radius 2 is 2.67 bits per heavy atom. The van der Waals surface area contributed by atoms with Gasteiger partial charge in [0.15, 0.2) is 0 Å². The van der Waals surface area contributed by atoms with Crippen LogP contribution in [0.5, 0.6) is 0 Å². The summed E-state index contributed by atoms with van der Waals surface area (Å²) in [5.41, 5.74) is -0.558. The van der Waals surface area contributed by atoms with E-state index in [-0.39, 0.29) is 13.2 Å². The summed E-state index contributed by atoms with van der Waals surface area (Å²) in [7, 11) is 0. The van der Waals surface area contributed by atoms with Gasteiger partial charge in [0.2, 0.25) is 0 Å². The van der Waals surface area contributed by atoms with E-state index < -0.39 is 11.6 Å². The number of rotatable bonds is 1. The van der Waals surface area contributed by atoms with Crippen LogP contribution in [0.15, 0.2) is 0 Å². The highest BCUT2D eigenvalue weighted by Gasteiger charge is 2.33. The van der Waals surface area contributed by atoms with Crippen LogP contribution in [-0.4, -0.2) is 30.0 Å². The number of aliphatic hydroxyl groups is 1. The average Bonchev–Trinajstić information content (AvgIpc) is 2.13. The lowest BCUT2D eigenvalue weighted by Gasteiger charge is -2.15. The number of hydrogen-bond acceptors (Lipinski definition) is 3. The molecule has 2 N–H and O–H groups in total. The first-order valence-electron chi connectivity index (χ1n) is 2.72. The van der Waals surface area contributed by atoms with Gasteiger partial charge >= 0.3 is 6.09 Å². The number of amides is 1. The third kappa shape index (κ3) is 1.13. The summed E-state index contributed by atoms with van der Waals surface area (Å²) in [5, 5.41) is 11.1. The second-order valence-electron chi connectivity index (χ2n) is 2.42. The van der Waals surface area contributed by atoms with Gasteiger partial charge in [-0.15, -0.1) is 0 Å². The minimum atomic E-state index is -0.558. The molecule has 1 fully saturated rings. The number of ether oxygens (including phenoxy) is 1. The zero-order chi connectivity index (χ0) is 6.91. The SMILES string of the molecule is C[C@@]1(CO)COC(=O)N1. The molecule has 1 heterocycles. The smallest absolute Gasteiger partial charge is 0.407 e. The molecule has 0 saturated carbocycles. The van der Waals surface area contributed by atoms with Gasteiger partial charge in [0.25, 0.3) is 0 Å². The Kier molecular flexibility index (Phi) is 1.32. The van der Waals surface area contributed by atoms with E-state index in [1.54, 1.807) is 6.92 Å². The summed E-state index contributed by atoms with van der Waals surface area (Å²) in [6, 6.07) is 0. The Balaban J connectivity index is 2.54. The van der Waals surface area contributed by atoms with Crippen molar-refractivity contribution in [3.63, 3.8) is 0 Å². The first-order chi connectivity index (χ1) is 4.16. The third-order valence-corrected chi connectivity index (χ3v) is 1.27. The van der Waals surface area contributed by atoms with E-state index in [2.05, 4.69) is 10.1 Å². The molecule has 4 heteroatoms. The number of cyclic esters (lactones) is 1. The Labute approximate surface area is 52.8 Å². The number of aliphatic hydroxyl groups excluding tert-OH is 1. The molecule has 0 bridgehead atoms. The van der Waals surface area contributed by atoms with Crippen molar-refractivity contribution < 1.29 is 14.6 Å². The zero-order valence-electron chi connectivity index (χ0n) is 5.18. The van der Waals surface area contributed by atoms with E-state index in [4.69, 9.17) is 5.11 Å². The second-order valence-corrected chi connectivity index (χ2v) is 2.42. The van der Waals surface area contributed by atoms with Crippen LogP contribution >= 0.6 is 0 Å². The van der Waals surface area contributed by atoms with Gasteiger partial charge in [0.05, 0.1) is 12.1 Å². The van der Waals surface area contributed by atoms with Gasteiger partial charge in [-0.3, -0.25) is 0 Å². The maximum Gasteiger partial charge on any atom is 0.407 e. The van der Waals surface area contributed by atoms with Crippen molar-refractivity contribution in [1.82, 2.24) is 5.32 Å². The van der Waals surface area contributed by atoms with Crippen molar-refractivity contribution in [2.45, 2.75) is 12.5 Å². The topological polar surface area (TPSA) is 58.6 Å². The fourth-order valence-electron chi connectivity index (χ4n) is 0.629. The summed E-state index contributed by atoms with van der Waals surface area (Å²) in [6.45, 7) is 1.89. The van der Waals surface area contributed by atoms with Crippen molar-refractivity contribution in [2.75, 3.05) is 13.2 Å². The fraction of sp³-hybridized carbons (Fsp3) is 0.800. The summed E-state index contributed by atoms with van der Waals surface area (Å²) >= 11 is 0. The van der Waals surface area contributed by atoms with Crippen molar-refractivity contribution in [3.8, 4) is 0 Å². The van der Waals surface area contributed by atoms with Crippen molar-refractivity contribution >= 4 is 6.09 Å². The molecule has 52 valence electrons. The van der Waals surface area contributed by atoms with Crippen molar-refractivity contribution in [1.29, 1.82) is 0 Å². The quantitative estimate of drug-likeness (QED) is 0.503. The lowest BCUT2D eigenvalue weighted by Crippen LogP contribution is -2.43. The van der Waals surface area contributed by atoms with Crippen molar-refractivity contribution in [3.05, 3.63) is 0 Å². The fourth-order valence-corrected chi connectivity index (χ4v) is 0.629. The zero-order valence-corrected chi connectivity index (χ0v) is 5.18. The molecule has 0 aromatic carbocycles. The van der Waals surface area contributed by atoms with Gasteiger partial charge in [0.1, 0.15) is 6.61 Å². The molecular weight excluding hydrogens is 122 g/mol. The third-order valence-electron chi connectivity index (χ3n) is 1.27. The molecule has 1 aliphatic heterocycles. The number of hydrogen-bond donors (Lipinski definition) is 2. The van der Waals surface area contributed by atoms with Crippen LogP contribution < -0.4 is 5.32 Å². The first-order valence-corrected chi connectivity index (χ1v) is 2.72. The summed E-state index contributed by atoms with van der Waals surface area (Å²) < 4.78 is 4.55. The molecule has 0 spiro atoms. The van der Waals surface area contributed by atoms with Crippen LogP contribution in [-0.2, 0) is 4.74 Å². The van der Waals surface area contributed by atoms with Crippen LogP contribution in [0.4, 0.5) is 4.79 Å². The molecule has 0 unspecified atom stereocenters. The largest absolute Gasteiger partial charge is 0.447 e. The van der Waals surface area contributed by atoms with Crippen LogP contribution in [0.1, 0.15) is 6.92 Å². The standard InChI is InChI=1S/C5H9NO3/c1-5(2-7)3-9-4(8)6-5/h7H,2-3H2,1H3,(H,6,8)/t5-/m1/s1. The molecule has 4 nitrogen and oxygen atoms in total. The normalized spacial score (nSPS) is 33.8. The van der Waals surface area contributed by atoms with E-state index in [0.29, 0.717) is 0 Å². The van der Waals surface area contributed by atoms with Gasteiger partial charge in [-0.1, -0.05) is 0 Å². The highest BCUT2D eigenvalue weighted by molar-refractivity contribution is 5.70. The Hall–Kier alpha value is -0.770. The molecule has 0 aromatic heterocycles. The van der Waals surface area contributed by atoms with E-state index >= 15 is 0 Å². The molecule has 0 radical (unpaired) electrons.